The van der Waals surface area contributed by atoms with Crippen LogP contribution in [0.15, 0.2) is 91.0 Å². The SMILES string of the molecule is Cc1ccc(-c2ccc(NC(=O)[C@H](NC[C@H](C)c3ccc(C#N)cc3)c3ccccc3)cc2)nn1. The first kappa shape index (κ1) is 23.8. The Balaban J connectivity index is 1.46. The fraction of sp³-hybridized carbons (Fsp3) is 0.172. The van der Waals surface area contributed by atoms with Crippen LogP contribution in [0.25, 0.3) is 11.3 Å². The van der Waals surface area contributed by atoms with Crippen LogP contribution < -0.4 is 10.6 Å². The number of nitriles is 1. The van der Waals surface area contributed by atoms with Gasteiger partial charge in [0, 0.05) is 17.8 Å². The number of carbonyl (C=O) groups is 1. The first-order chi connectivity index (χ1) is 17.0. The van der Waals surface area contributed by atoms with Crippen molar-refractivity contribution in [3.8, 4) is 17.3 Å². The summed E-state index contributed by atoms with van der Waals surface area (Å²) in [5.41, 5.74) is 5.93. The molecular formula is C29H27N5O. The zero-order valence-electron chi connectivity index (χ0n) is 19.8. The van der Waals surface area contributed by atoms with Gasteiger partial charge in [-0.2, -0.15) is 15.5 Å². The highest BCUT2D eigenvalue weighted by Crippen LogP contribution is 2.22. The molecule has 3 aromatic carbocycles. The van der Waals surface area contributed by atoms with Gasteiger partial charge in [0.25, 0.3) is 0 Å². The van der Waals surface area contributed by atoms with Gasteiger partial charge in [0.15, 0.2) is 0 Å². The number of carbonyl (C=O) groups excluding carboxylic acids is 1. The van der Waals surface area contributed by atoms with Gasteiger partial charge < -0.3 is 10.6 Å². The summed E-state index contributed by atoms with van der Waals surface area (Å²) in [6.45, 7) is 4.60. The summed E-state index contributed by atoms with van der Waals surface area (Å²) in [7, 11) is 0. The summed E-state index contributed by atoms with van der Waals surface area (Å²) in [4.78, 5) is 13.3. The molecular weight excluding hydrogens is 434 g/mol. The van der Waals surface area contributed by atoms with Gasteiger partial charge in [0.05, 0.1) is 23.0 Å². The van der Waals surface area contributed by atoms with Crippen molar-refractivity contribution < 1.29 is 4.79 Å². The maximum Gasteiger partial charge on any atom is 0.246 e. The van der Waals surface area contributed by atoms with Crippen molar-refractivity contribution in [1.82, 2.24) is 15.5 Å². The maximum atomic E-state index is 13.3. The van der Waals surface area contributed by atoms with Crippen LogP contribution in [0.4, 0.5) is 5.69 Å². The number of hydrogen-bond acceptors (Lipinski definition) is 5. The largest absolute Gasteiger partial charge is 0.324 e. The van der Waals surface area contributed by atoms with E-state index in [1.165, 1.54) is 0 Å². The Labute approximate surface area is 205 Å². The molecule has 0 aliphatic heterocycles. The molecule has 0 aliphatic rings. The summed E-state index contributed by atoms with van der Waals surface area (Å²) in [5, 5.41) is 23.8. The first-order valence-electron chi connectivity index (χ1n) is 11.5. The number of benzene rings is 3. The highest BCUT2D eigenvalue weighted by Gasteiger charge is 2.21. The summed E-state index contributed by atoms with van der Waals surface area (Å²) in [5.74, 6) is 0.0303. The van der Waals surface area contributed by atoms with Gasteiger partial charge in [-0.15, -0.1) is 0 Å². The topological polar surface area (TPSA) is 90.7 Å². The van der Waals surface area contributed by atoms with E-state index in [0.717, 1.165) is 28.1 Å². The van der Waals surface area contributed by atoms with Crippen LogP contribution in [0.2, 0.25) is 0 Å². The third kappa shape index (κ3) is 6.17. The first-order valence-corrected chi connectivity index (χ1v) is 11.5. The molecule has 1 heterocycles. The van der Waals surface area contributed by atoms with Crippen LogP contribution in [0.1, 0.15) is 41.3 Å². The molecule has 35 heavy (non-hydrogen) atoms. The van der Waals surface area contributed by atoms with E-state index in [9.17, 15) is 4.79 Å². The van der Waals surface area contributed by atoms with Gasteiger partial charge in [0.1, 0.15) is 6.04 Å². The Hall–Kier alpha value is -4.34. The Bertz CT molecular complexity index is 1290. The lowest BCUT2D eigenvalue weighted by Crippen LogP contribution is -2.35. The second kappa shape index (κ2) is 11.2. The van der Waals surface area contributed by atoms with Crippen molar-refractivity contribution >= 4 is 11.6 Å². The molecule has 1 amide bonds. The minimum atomic E-state index is -0.514. The lowest BCUT2D eigenvalue weighted by atomic mass is 9.98. The zero-order chi connectivity index (χ0) is 24.6. The van der Waals surface area contributed by atoms with Gasteiger partial charge in [-0.25, -0.2) is 0 Å². The van der Waals surface area contributed by atoms with Crippen molar-refractivity contribution in [3.05, 3.63) is 113 Å². The van der Waals surface area contributed by atoms with Gasteiger partial charge in [-0.1, -0.05) is 61.5 Å². The summed E-state index contributed by atoms with van der Waals surface area (Å²) >= 11 is 0. The fourth-order valence-electron chi connectivity index (χ4n) is 3.80. The molecule has 0 saturated carbocycles. The molecule has 0 unspecified atom stereocenters. The van der Waals surface area contributed by atoms with E-state index in [1.807, 2.05) is 97.9 Å². The van der Waals surface area contributed by atoms with Crippen LogP contribution in [-0.2, 0) is 4.79 Å². The van der Waals surface area contributed by atoms with Crippen molar-refractivity contribution in [3.63, 3.8) is 0 Å². The van der Waals surface area contributed by atoms with E-state index < -0.39 is 6.04 Å². The van der Waals surface area contributed by atoms with Crippen LogP contribution in [0.5, 0.6) is 0 Å². The minimum Gasteiger partial charge on any atom is -0.324 e. The van der Waals surface area contributed by atoms with Gasteiger partial charge in [-0.05, 0) is 60.4 Å². The molecule has 0 aliphatic carbocycles. The van der Waals surface area contributed by atoms with E-state index in [2.05, 4.69) is 33.8 Å². The lowest BCUT2D eigenvalue weighted by molar-refractivity contribution is -0.118. The highest BCUT2D eigenvalue weighted by molar-refractivity contribution is 5.95. The summed E-state index contributed by atoms with van der Waals surface area (Å²) in [6.07, 6.45) is 0. The standard InChI is InChI=1S/C29H27N5O/c1-20(23-11-9-22(18-30)10-12-23)19-31-28(25-6-4-3-5-7-25)29(35)32-26-15-13-24(14-16-26)27-17-8-21(2)33-34-27/h3-17,20,28,31H,19H2,1-2H3,(H,32,35)/t20-,28+/m0/s1. The fourth-order valence-corrected chi connectivity index (χ4v) is 3.80. The molecule has 4 aromatic rings. The molecule has 2 atom stereocenters. The molecule has 2 N–H and O–H groups in total. The van der Waals surface area contributed by atoms with E-state index >= 15 is 0 Å². The molecule has 174 valence electrons. The second-order valence-corrected chi connectivity index (χ2v) is 8.51. The number of amides is 1. The predicted octanol–water partition coefficient (Wildman–Crippen LogP) is 5.40. The molecule has 6 heteroatoms. The number of nitrogens with one attached hydrogen (secondary N) is 2. The van der Waals surface area contributed by atoms with Crippen LogP contribution >= 0.6 is 0 Å². The minimum absolute atomic E-state index is 0.133. The average molecular weight is 462 g/mol. The average Bonchev–Trinajstić information content (AvgIpc) is 2.90. The van der Waals surface area contributed by atoms with E-state index in [4.69, 9.17) is 5.26 Å². The Morgan fingerprint density at radius 3 is 2.23 bits per heavy atom. The Morgan fingerprint density at radius 2 is 1.60 bits per heavy atom. The highest BCUT2D eigenvalue weighted by atomic mass is 16.2. The molecule has 0 fully saturated rings. The molecule has 0 spiro atoms. The second-order valence-electron chi connectivity index (χ2n) is 8.51. The smallest absolute Gasteiger partial charge is 0.246 e. The summed E-state index contributed by atoms with van der Waals surface area (Å²) in [6, 6.07) is 30.3. The van der Waals surface area contributed by atoms with Crippen LogP contribution in [0.3, 0.4) is 0 Å². The molecule has 0 saturated heterocycles. The molecule has 4 rings (SSSR count). The number of aryl methyl sites for hydroxylation is 1. The quantitative estimate of drug-likeness (QED) is 0.367. The normalized spacial score (nSPS) is 12.4. The number of hydrogen-bond donors (Lipinski definition) is 2. The zero-order valence-corrected chi connectivity index (χ0v) is 19.8. The third-order valence-corrected chi connectivity index (χ3v) is 5.88. The molecule has 0 bridgehead atoms. The van der Waals surface area contributed by atoms with Crippen LogP contribution in [0, 0.1) is 18.3 Å². The van der Waals surface area contributed by atoms with Gasteiger partial charge >= 0.3 is 0 Å². The van der Waals surface area contributed by atoms with Crippen molar-refractivity contribution in [2.45, 2.75) is 25.8 Å². The maximum absolute atomic E-state index is 13.3. The Morgan fingerprint density at radius 1 is 0.886 bits per heavy atom. The number of anilines is 1. The van der Waals surface area contributed by atoms with Crippen molar-refractivity contribution in [2.24, 2.45) is 0 Å². The van der Waals surface area contributed by atoms with E-state index in [-0.39, 0.29) is 11.8 Å². The van der Waals surface area contributed by atoms with Crippen molar-refractivity contribution in [2.75, 3.05) is 11.9 Å². The number of rotatable bonds is 8. The predicted molar refractivity (Wildman–Crippen MR) is 138 cm³/mol. The van der Waals surface area contributed by atoms with Crippen molar-refractivity contribution in [1.29, 1.82) is 5.26 Å². The van der Waals surface area contributed by atoms with Gasteiger partial charge in [0.2, 0.25) is 5.91 Å². The van der Waals surface area contributed by atoms with E-state index in [1.54, 1.807) is 0 Å². The van der Waals surface area contributed by atoms with E-state index in [0.29, 0.717) is 17.8 Å². The Kier molecular flexibility index (Phi) is 7.61. The number of nitrogens with zero attached hydrogens (tertiary/aromatic N) is 3. The molecule has 6 nitrogen and oxygen atoms in total. The molecule has 0 radical (unpaired) electrons. The third-order valence-electron chi connectivity index (χ3n) is 5.88. The number of aromatic nitrogens is 2. The monoisotopic (exact) mass is 461 g/mol. The van der Waals surface area contributed by atoms with Gasteiger partial charge in [-0.3, -0.25) is 4.79 Å². The molecule has 1 aromatic heterocycles. The van der Waals surface area contributed by atoms with Crippen LogP contribution in [-0.4, -0.2) is 22.6 Å². The lowest BCUT2D eigenvalue weighted by Gasteiger charge is -2.22. The summed E-state index contributed by atoms with van der Waals surface area (Å²) < 4.78 is 0.